The zero-order valence-corrected chi connectivity index (χ0v) is 18.8. The number of carbonyl (C=O) groups excluding carboxylic acids is 3. The van der Waals surface area contributed by atoms with E-state index in [9.17, 15) is 14.4 Å². The van der Waals surface area contributed by atoms with E-state index in [0.29, 0.717) is 11.3 Å². The maximum atomic E-state index is 12.7. The van der Waals surface area contributed by atoms with Crippen molar-refractivity contribution in [3.63, 3.8) is 0 Å². The molecule has 0 saturated heterocycles. The van der Waals surface area contributed by atoms with Crippen molar-refractivity contribution in [1.29, 1.82) is 0 Å². The number of nitrogens with one attached hydrogen (secondary N) is 2. The molecule has 4 rings (SSSR count). The lowest BCUT2D eigenvalue weighted by atomic mass is 9.86. The summed E-state index contributed by atoms with van der Waals surface area (Å²) in [6, 6.07) is 13.7. The van der Waals surface area contributed by atoms with E-state index >= 15 is 0 Å². The third-order valence-corrected chi connectivity index (χ3v) is 5.70. The predicted molar refractivity (Wildman–Crippen MR) is 119 cm³/mol. The average molecular weight is 501 g/mol. The molecule has 1 aromatic heterocycles. The molecule has 0 spiro atoms. The first kappa shape index (κ1) is 21.9. The molecular weight excluding hydrogens is 480 g/mol. The third kappa shape index (κ3) is 4.47. The molecule has 2 atom stereocenters. The fourth-order valence-electron chi connectivity index (χ4n) is 3.78. The first-order valence-electron chi connectivity index (χ1n) is 10.1. The van der Waals surface area contributed by atoms with E-state index in [2.05, 4.69) is 26.2 Å². The Morgan fingerprint density at radius 1 is 1.06 bits per heavy atom. The summed E-state index contributed by atoms with van der Waals surface area (Å²) >= 11 is 3.44. The molecule has 0 bridgehead atoms. The Bertz CT molecular complexity index is 1160. The molecule has 1 amide bonds. The van der Waals surface area contributed by atoms with Crippen LogP contribution >= 0.6 is 15.9 Å². The first-order valence-corrected chi connectivity index (χ1v) is 10.9. The van der Waals surface area contributed by atoms with Crippen molar-refractivity contribution in [2.45, 2.75) is 25.5 Å². The molecule has 9 heteroatoms. The number of carbonyl (C=O) groups is 3. The zero-order valence-electron chi connectivity index (χ0n) is 17.2. The van der Waals surface area contributed by atoms with Crippen molar-refractivity contribution < 1.29 is 28.6 Å². The molecule has 8 nitrogen and oxygen atoms in total. The molecule has 1 aliphatic rings. The van der Waals surface area contributed by atoms with Crippen LogP contribution in [0.2, 0.25) is 0 Å². The van der Waals surface area contributed by atoms with Gasteiger partial charge < -0.3 is 24.5 Å². The standard InChI is InChI=1S/C23H21BrN2O6/c1-2-30-22(28)19-16(12-32-23(29)31-11-13-6-4-3-5-7-13)18-15-10-14(24)8-9-17(15)25-20(18)21(27)26-19/h3-10,16,19,25H,2,11-12H2,1H3,(H,26,27)/t16-,19+/m1/s1. The second kappa shape index (κ2) is 9.44. The van der Waals surface area contributed by atoms with E-state index in [1.165, 1.54) is 0 Å². The molecule has 166 valence electrons. The van der Waals surface area contributed by atoms with Gasteiger partial charge in [-0.05, 0) is 36.2 Å². The number of H-pyrrole nitrogens is 1. The summed E-state index contributed by atoms with van der Waals surface area (Å²) in [6.45, 7) is 1.73. The maximum Gasteiger partial charge on any atom is 0.508 e. The lowest BCUT2D eigenvalue weighted by molar-refractivity contribution is -0.146. The van der Waals surface area contributed by atoms with Gasteiger partial charge in [0.15, 0.2) is 0 Å². The first-order chi connectivity index (χ1) is 15.5. The summed E-state index contributed by atoms with van der Waals surface area (Å²) in [6.07, 6.45) is -0.865. The van der Waals surface area contributed by atoms with Crippen LogP contribution in [0.1, 0.15) is 34.5 Å². The fraction of sp³-hybridized carbons (Fsp3) is 0.261. The van der Waals surface area contributed by atoms with Gasteiger partial charge in [-0.1, -0.05) is 46.3 Å². The van der Waals surface area contributed by atoms with Gasteiger partial charge in [0.25, 0.3) is 5.91 Å². The maximum absolute atomic E-state index is 12.7. The van der Waals surface area contributed by atoms with Gasteiger partial charge in [-0.25, -0.2) is 9.59 Å². The van der Waals surface area contributed by atoms with E-state index < -0.39 is 30.0 Å². The minimum Gasteiger partial charge on any atom is -0.464 e. The Morgan fingerprint density at radius 2 is 1.84 bits per heavy atom. The molecule has 0 aliphatic carbocycles. The summed E-state index contributed by atoms with van der Waals surface area (Å²) in [5, 5.41) is 3.43. The third-order valence-electron chi connectivity index (χ3n) is 5.21. The van der Waals surface area contributed by atoms with Gasteiger partial charge in [-0.15, -0.1) is 0 Å². The van der Waals surface area contributed by atoms with Crippen molar-refractivity contribution in [3.05, 3.63) is 69.8 Å². The minimum atomic E-state index is -1.00. The zero-order chi connectivity index (χ0) is 22.7. The number of rotatable bonds is 6. The number of benzene rings is 2. The van der Waals surface area contributed by atoms with Crippen LogP contribution in [-0.4, -0.2) is 42.3 Å². The van der Waals surface area contributed by atoms with Crippen LogP contribution in [0.4, 0.5) is 4.79 Å². The highest BCUT2D eigenvalue weighted by Gasteiger charge is 2.42. The van der Waals surface area contributed by atoms with Crippen molar-refractivity contribution in [2.75, 3.05) is 13.2 Å². The van der Waals surface area contributed by atoms with Gasteiger partial charge >= 0.3 is 12.1 Å². The Hall–Kier alpha value is -3.33. The highest BCUT2D eigenvalue weighted by molar-refractivity contribution is 9.10. The second-order valence-electron chi connectivity index (χ2n) is 7.25. The topological polar surface area (TPSA) is 107 Å². The van der Waals surface area contributed by atoms with Gasteiger partial charge in [0.1, 0.15) is 24.9 Å². The molecule has 1 aliphatic heterocycles. The summed E-state index contributed by atoms with van der Waals surface area (Å²) in [4.78, 5) is 40.6. The molecule has 2 N–H and O–H groups in total. The van der Waals surface area contributed by atoms with Crippen LogP contribution in [-0.2, 0) is 25.6 Å². The van der Waals surface area contributed by atoms with Crippen molar-refractivity contribution in [1.82, 2.24) is 10.3 Å². The minimum absolute atomic E-state index is 0.0632. The molecule has 0 radical (unpaired) electrons. The number of esters is 1. The van der Waals surface area contributed by atoms with E-state index in [0.717, 1.165) is 20.9 Å². The van der Waals surface area contributed by atoms with E-state index in [1.807, 2.05) is 48.5 Å². The van der Waals surface area contributed by atoms with E-state index in [1.54, 1.807) is 6.92 Å². The number of ether oxygens (including phenoxy) is 3. The highest BCUT2D eigenvalue weighted by Crippen LogP contribution is 2.36. The van der Waals surface area contributed by atoms with E-state index in [-0.39, 0.29) is 19.8 Å². The number of fused-ring (bicyclic) bond motifs is 3. The SMILES string of the molecule is CCOC(=O)[C@H]1NC(=O)c2[nH]c3ccc(Br)cc3c2[C@H]1COC(=O)OCc1ccccc1. The Balaban J connectivity index is 1.59. The quantitative estimate of drug-likeness (QED) is 0.494. The summed E-state index contributed by atoms with van der Waals surface area (Å²) in [7, 11) is 0. The average Bonchev–Trinajstić information content (AvgIpc) is 3.17. The number of aromatic amines is 1. The second-order valence-corrected chi connectivity index (χ2v) is 8.16. The predicted octanol–water partition coefficient (Wildman–Crippen LogP) is 4.04. The molecule has 0 saturated carbocycles. The van der Waals surface area contributed by atoms with Crippen LogP contribution in [0.3, 0.4) is 0 Å². The number of hydrogen-bond donors (Lipinski definition) is 2. The van der Waals surface area contributed by atoms with Crippen LogP contribution in [0.25, 0.3) is 10.9 Å². The molecule has 2 heterocycles. The number of aromatic nitrogens is 1. The molecule has 32 heavy (non-hydrogen) atoms. The Morgan fingerprint density at radius 3 is 2.59 bits per heavy atom. The smallest absolute Gasteiger partial charge is 0.464 e. The van der Waals surface area contributed by atoms with Crippen molar-refractivity contribution in [2.24, 2.45) is 0 Å². The van der Waals surface area contributed by atoms with Crippen molar-refractivity contribution in [3.8, 4) is 0 Å². The summed E-state index contributed by atoms with van der Waals surface area (Å²) in [5.41, 5.74) is 2.47. The lowest BCUT2D eigenvalue weighted by Crippen LogP contribution is -2.51. The normalized spacial score (nSPS) is 17.4. The van der Waals surface area contributed by atoms with Gasteiger partial charge in [0.2, 0.25) is 0 Å². The van der Waals surface area contributed by atoms with Gasteiger partial charge in [-0.3, -0.25) is 4.79 Å². The highest BCUT2D eigenvalue weighted by atomic mass is 79.9. The number of amides is 1. The van der Waals surface area contributed by atoms with Crippen molar-refractivity contribution >= 4 is 44.9 Å². The van der Waals surface area contributed by atoms with Crippen LogP contribution in [0, 0.1) is 0 Å². The largest absolute Gasteiger partial charge is 0.508 e. The summed E-state index contributed by atoms with van der Waals surface area (Å²) in [5.74, 6) is -1.68. The Kier molecular flexibility index (Phi) is 6.45. The number of halogens is 1. The van der Waals surface area contributed by atoms with Crippen LogP contribution in [0.5, 0.6) is 0 Å². The molecule has 2 aromatic carbocycles. The number of hydrogen-bond acceptors (Lipinski definition) is 6. The fourth-order valence-corrected chi connectivity index (χ4v) is 4.14. The van der Waals surface area contributed by atoms with Gasteiger partial charge in [0.05, 0.1) is 12.5 Å². The van der Waals surface area contributed by atoms with Gasteiger partial charge in [-0.2, -0.15) is 0 Å². The van der Waals surface area contributed by atoms with E-state index in [4.69, 9.17) is 14.2 Å². The molecular formula is C23H21BrN2O6. The molecule has 3 aromatic rings. The van der Waals surface area contributed by atoms with Crippen LogP contribution in [0.15, 0.2) is 53.0 Å². The van der Waals surface area contributed by atoms with Gasteiger partial charge in [0, 0.05) is 15.4 Å². The monoisotopic (exact) mass is 500 g/mol. The lowest BCUT2D eigenvalue weighted by Gasteiger charge is -2.30. The molecule has 0 fully saturated rings. The Labute approximate surface area is 192 Å². The summed E-state index contributed by atoms with van der Waals surface area (Å²) < 4.78 is 16.5. The van der Waals surface area contributed by atoms with Crippen LogP contribution < -0.4 is 5.32 Å². The molecule has 0 unspecified atom stereocenters.